The molecule has 1 saturated carbocycles. The molecule has 7 rings (SSSR count). The summed E-state index contributed by atoms with van der Waals surface area (Å²) in [6, 6.07) is 12.7. The smallest absolute Gasteiger partial charge is 0.266 e. The maximum absolute atomic E-state index is 14.9. The zero-order valence-corrected chi connectivity index (χ0v) is 39.2. The minimum Gasteiger partial charge on any atom is -0.497 e. The van der Waals surface area contributed by atoms with Gasteiger partial charge in [0, 0.05) is 61.3 Å². The van der Waals surface area contributed by atoms with E-state index in [0.717, 1.165) is 30.8 Å². The van der Waals surface area contributed by atoms with Crippen molar-refractivity contribution in [2.45, 2.75) is 108 Å². The molecule has 2 aromatic heterocycles. The number of hydrogen-bond acceptors (Lipinski definition) is 13. The number of pyridine rings is 1. The lowest BCUT2D eigenvalue weighted by atomic mass is 9.90. The number of amides is 4. The highest BCUT2D eigenvalue weighted by atomic mass is 32.2. The number of benzene rings is 2. The van der Waals surface area contributed by atoms with E-state index in [1.807, 2.05) is 46.1 Å². The van der Waals surface area contributed by atoms with Gasteiger partial charge < -0.3 is 35.6 Å². The number of sulfonamides is 1. The number of thiazole rings is 1. The Kier molecular flexibility index (Phi) is 14.0. The van der Waals surface area contributed by atoms with E-state index in [1.165, 1.54) is 29.4 Å². The lowest BCUT2D eigenvalue weighted by Crippen LogP contribution is -2.57. The molecule has 5 N–H and O–H groups in total. The summed E-state index contributed by atoms with van der Waals surface area (Å²) in [6.07, 6.45) is 2.88. The van der Waals surface area contributed by atoms with E-state index < -0.39 is 51.3 Å². The highest BCUT2D eigenvalue weighted by molar-refractivity contribution is 7.90. The van der Waals surface area contributed by atoms with Crippen molar-refractivity contribution in [2.24, 2.45) is 23.7 Å². The average molecular weight is 917 g/mol. The molecule has 4 aromatic rings. The highest BCUT2D eigenvalue weighted by Crippen LogP contribution is 2.51. The van der Waals surface area contributed by atoms with Crippen molar-refractivity contribution in [3.63, 3.8) is 0 Å². The minimum absolute atomic E-state index is 0.000459. The van der Waals surface area contributed by atoms with E-state index >= 15 is 0 Å². The Morgan fingerprint density at radius 3 is 2.55 bits per heavy atom. The maximum atomic E-state index is 14.9. The zero-order chi connectivity index (χ0) is 45.9. The largest absolute Gasteiger partial charge is 0.497 e. The number of nitrogens with zero attached hydrogens (tertiary/aromatic N) is 3. The molecule has 344 valence electrons. The Morgan fingerprint density at radius 2 is 1.81 bits per heavy atom. The molecule has 16 nitrogen and oxygen atoms in total. The number of anilines is 2. The Hall–Kier alpha value is -5.49. The van der Waals surface area contributed by atoms with Gasteiger partial charge in [-0.25, -0.2) is 23.1 Å². The van der Waals surface area contributed by atoms with Gasteiger partial charge in [-0.1, -0.05) is 52.2 Å². The number of rotatable bonds is 12. The molecule has 1 aliphatic carbocycles. The van der Waals surface area contributed by atoms with Crippen molar-refractivity contribution in [1.82, 2.24) is 30.2 Å². The number of likely N-dealkylation sites (tertiary alicyclic amines) is 1. The van der Waals surface area contributed by atoms with Crippen LogP contribution in [-0.4, -0.2) is 97.9 Å². The van der Waals surface area contributed by atoms with Gasteiger partial charge in [-0.15, -0.1) is 11.3 Å². The Labute approximate surface area is 379 Å². The predicted molar refractivity (Wildman–Crippen MR) is 247 cm³/mol. The van der Waals surface area contributed by atoms with Gasteiger partial charge in [0.2, 0.25) is 17.7 Å². The van der Waals surface area contributed by atoms with Crippen LogP contribution in [0.1, 0.15) is 79.6 Å². The topological polar surface area (TPSA) is 210 Å². The summed E-state index contributed by atoms with van der Waals surface area (Å²) >= 11 is 1.46. The molecule has 0 radical (unpaired) electrons. The molecule has 2 unspecified atom stereocenters. The van der Waals surface area contributed by atoms with Gasteiger partial charge in [-0.3, -0.25) is 19.2 Å². The van der Waals surface area contributed by atoms with E-state index in [4.69, 9.17) is 19.4 Å². The van der Waals surface area contributed by atoms with Crippen LogP contribution in [0.5, 0.6) is 11.5 Å². The Morgan fingerprint density at radius 1 is 1.03 bits per heavy atom. The second-order valence-corrected chi connectivity index (χ2v) is 20.4. The van der Waals surface area contributed by atoms with E-state index in [-0.39, 0.29) is 60.4 Å². The monoisotopic (exact) mass is 916 g/mol. The molecular formula is C46H60N8O8S2. The number of carbonyl (C=O) groups excluding carboxylic acids is 4. The van der Waals surface area contributed by atoms with E-state index in [2.05, 4.69) is 26.0 Å². The first-order valence-electron chi connectivity index (χ1n) is 22.1. The molecule has 4 heterocycles. The number of carbonyl (C=O) groups is 4. The van der Waals surface area contributed by atoms with Crippen LogP contribution in [0.25, 0.3) is 22.3 Å². The van der Waals surface area contributed by atoms with Crippen LogP contribution >= 0.6 is 11.3 Å². The first kappa shape index (κ1) is 46.5. The molecule has 6 atom stereocenters. The molecule has 4 amide bonds. The van der Waals surface area contributed by atoms with Crippen LogP contribution in [0.15, 0.2) is 58.8 Å². The lowest BCUT2D eigenvalue weighted by molar-refractivity contribution is -0.145. The molecule has 0 spiro atoms. The number of ether oxygens (including phenoxy) is 2. The van der Waals surface area contributed by atoms with Crippen LogP contribution in [0.2, 0.25) is 0 Å². The predicted octanol–water partition coefficient (Wildman–Crippen LogP) is 5.95. The van der Waals surface area contributed by atoms with Gasteiger partial charge in [0.15, 0.2) is 5.13 Å². The van der Waals surface area contributed by atoms with Crippen molar-refractivity contribution in [3.05, 3.63) is 53.9 Å². The molecule has 2 aliphatic heterocycles. The van der Waals surface area contributed by atoms with Crippen LogP contribution < -0.4 is 35.5 Å². The van der Waals surface area contributed by atoms with E-state index in [0.29, 0.717) is 46.0 Å². The van der Waals surface area contributed by atoms with Gasteiger partial charge >= 0.3 is 0 Å². The van der Waals surface area contributed by atoms with Crippen LogP contribution in [0.4, 0.5) is 10.8 Å². The first-order chi connectivity index (χ1) is 30.5. The number of methoxy groups -OCH3 is 1. The molecular weight excluding hydrogens is 857 g/mol. The fourth-order valence-electron chi connectivity index (χ4n) is 8.96. The fraction of sp³-hybridized carbons (Fsp3) is 0.522. The third-order valence-electron chi connectivity index (χ3n) is 12.6. The lowest BCUT2D eigenvalue weighted by Gasteiger charge is -2.31. The Balaban J connectivity index is 1.23. The normalized spacial score (nSPS) is 23.8. The third kappa shape index (κ3) is 10.1. The molecule has 0 bridgehead atoms. The van der Waals surface area contributed by atoms with Gasteiger partial charge in [0.05, 0.1) is 30.6 Å². The third-order valence-corrected chi connectivity index (χ3v) is 14.8. The number of nitrogens with one attached hydrogen (secondary N) is 5. The van der Waals surface area contributed by atoms with Crippen molar-refractivity contribution >= 4 is 66.7 Å². The summed E-state index contributed by atoms with van der Waals surface area (Å²) in [5.74, 6) is -2.49. The quantitative estimate of drug-likeness (QED) is 0.112. The van der Waals surface area contributed by atoms with Crippen molar-refractivity contribution < 1.29 is 37.1 Å². The summed E-state index contributed by atoms with van der Waals surface area (Å²) in [5.41, 5.74) is 0.609. The first-order valence-corrected chi connectivity index (χ1v) is 24.5. The second kappa shape index (κ2) is 19.3. The molecule has 2 aromatic carbocycles. The molecule has 1 saturated heterocycles. The Bertz CT molecular complexity index is 2500. The van der Waals surface area contributed by atoms with Crippen molar-refractivity contribution in [1.29, 1.82) is 0 Å². The van der Waals surface area contributed by atoms with Crippen molar-refractivity contribution in [3.8, 4) is 22.9 Å². The van der Waals surface area contributed by atoms with Gasteiger partial charge in [-0.2, -0.15) is 0 Å². The summed E-state index contributed by atoms with van der Waals surface area (Å²) in [5, 5.41) is 15.5. The molecule has 64 heavy (non-hydrogen) atoms. The van der Waals surface area contributed by atoms with Gasteiger partial charge in [0.1, 0.15) is 39.8 Å². The van der Waals surface area contributed by atoms with Crippen LogP contribution in [-0.2, 0) is 29.2 Å². The average Bonchev–Trinajstić information content (AvgIpc) is 3.55. The number of fused-ring (bicyclic) bond motifs is 3. The van der Waals surface area contributed by atoms with Crippen LogP contribution in [0.3, 0.4) is 0 Å². The van der Waals surface area contributed by atoms with E-state index in [9.17, 15) is 27.6 Å². The standard InChI is InChI=1S/C46H60N8O8S2/c1-26(2)32(21-41(55)47-6)43(57)54-24-30(62-39-22-36(37-25-63-45(51-37)49-27(3)4)50-35-19-29(61-7)16-17-31(35)39)20-38(54)42(56)52-46-23-33(46)28(5)13-9-8-12-18-48-34-14-10-11-15-40(34)64(59,60)53-44(46)58/h10-11,14-17,19,22,25-28,30,32-33,38,48H,8-9,12-13,18,20-21,23-24H2,1-7H3,(H,47,55)(H,49,51)(H,52,56)(H,53,58)/t28?,30-,32+,33?,38+,46-/m1/s1. The highest BCUT2D eigenvalue weighted by Gasteiger charge is 2.64. The summed E-state index contributed by atoms with van der Waals surface area (Å²) in [7, 11) is -1.28. The maximum Gasteiger partial charge on any atom is 0.266 e. The number of hydrogen-bond donors (Lipinski definition) is 5. The number of para-hydroxylation sites is 1. The SMILES string of the molecule is CNC(=O)C[C@H](C(=O)N1C[C@H](Oc2cc(-c3csc(NC(C)C)n3)nc3cc(OC)ccc23)C[C@H]1C(=O)N[C@]12CC1C(C)CCCCCNc1ccccc1S(=O)(=O)NC2=O)C(C)C. The molecule has 18 heteroatoms. The van der Waals surface area contributed by atoms with Gasteiger partial charge in [0.25, 0.3) is 15.9 Å². The second-order valence-electron chi connectivity index (χ2n) is 17.9. The minimum atomic E-state index is -4.37. The molecule has 3 aliphatic rings. The van der Waals surface area contributed by atoms with E-state index in [1.54, 1.807) is 43.5 Å². The summed E-state index contributed by atoms with van der Waals surface area (Å²) in [6.45, 7) is 10.4. The zero-order valence-electron chi connectivity index (χ0n) is 37.5. The fourth-order valence-corrected chi connectivity index (χ4v) is 11.0. The number of aromatic nitrogens is 2. The van der Waals surface area contributed by atoms with Gasteiger partial charge in [-0.05, 0) is 68.7 Å². The van der Waals surface area contributed by atoms with Crippen LogP contribution in [0, 0.1) is 23.7 Å². The summed E-state index contributed by atoms with van der Waals surface area (Å²) in [4.78, 5) is 67.8. The van der Waals surface area contributed by atoms with Crippen molar-refractivity contribution in [2.75, 3.05) is 37.9 Å². The molecule has 2 fully saturated rings. The summed E-state index contributed by atoms with van der Waals surface area (Å²) < 4.78 is 42.4.